The number of aryl methyl sites for hydroxylation is 1. The zero-order valence-electron chi connectivity index (χ0n) is 16.8. The molecule has 1 aromatic carbocycles. The summed E-state index contributed by atoms with van der Waals surface area (Å²) >= 11 is 3.50. The Morgan fingerprint density at radius 3 is 2.57 bits per heavy atom. The van der Waals surface area contributed by atoms with Gasteiger partial charge in [0.2, 0.25) is 0 Å². The van der Waals surface area contributed by atoms with E-state index in [1.54, 1.807) is 4.90 Å². The minimum atomic E-state index is -0.190. The van der Waals surface area contributed by atoms with Crippen LogP contribution in [0, 0.1) is 6.92 Å². The van der Waals surface area contributed by atoms with Crippen LogP contribution in [0.1, 0.15) is 58.9 Å². The van der Waals surface area contributed by atoms with Crippen molar-refractivity contribution in [3.63, 3.8) is 0 Å². The third-order valence-electron chi connectivity index (χ3n) is 5.40. The lowest BCUT2D eigenvalue weighted by Crippen LogP contribution is -2.39. The van der Waals surface area contributed by atoms with E-state index in [0.717, 1.165) is 36.2 Å². The van der Waals surface area contributed by atoms with Crippen molar-refractivity contribution >= 4 is 33.3 Å². The van der Waals surface area contributed by atoms with Gasteiger partial charge in [-0.2, -0.15) is 0 Å². The fraction of sp³-hybridized carbons (Fsp3) is 0.455. The molecule has 0 spiro atoms. The number of furan rings is 1. The second-order valence-corrected chi connectivity index (χ2v) is 8.01. The maximum Gasteiger partial charge on any atom is 0.294 e. The summed E-state index contributed by atoms with van der Waals surface area (Å²) in [5, 5.41) is 0. The number of likely N-dealkylation sites (N-methyl/N-ethyl adjacent to an activating group) is 1. The summed E-state index contributed by atoms with van der Waals surface area (Å²) < 4.78 is 6.84. The molecule has 0 atom stereocenters. The van der Waals surface area contributed by atoms with E-state index in [2.05, 4.69) is 34.7 Å². The molecule has 0 bridgehead atoms. The van der Waals surface area contributed by atoms with Crippen molar-refractivity contribution < 1.29 is 14.0 Å². The molecule has 150 valence electrons. The highest BCUT2D eigenvalue weighted by molar-refractivity contribution is 9.10. The number of Topliss-reactive ketones (excluding diaryl/α,β-unsaturated/α-hetero) is 1. The van der Waals surface area contributed by atoms with Gasteiger partial charge in [0.15, 0.2) is 11.5 Å². The van der Waals surface area contributed by atoms with Gasteiger partial charge in [-0.1, -0.05) is 35.8 Å². The SMILES string of the molecule is CCN(CC)CCN(C(=O)c1oc2c(c1C)C(=O)CCC2)c1cccc(Br)c1. The number of hydrogen-bond donors (Lipinski definition) is 0. The highest BCUT2D eigenvalue weighted by Crippen LogP contribution is 2.31. The van der Waals surface area contributed by atoms with Crippen molar-refractivity contribution in [2.24, 2.45) is 0 Å². The first-order valence-corrected chi connectivity index (χ1v) is 10.7. The summed E-state index contributed by atoms with van der Waals surface area (Å²) in [6.45, 7) is 9.23. The molecule has 5 nitrogen and oxygen atoms in total. The fourth-order valence-electron chi connectivity index (χ4n) is 3.75. The molecule has 6 heteroatoms. The first-order valence-electron chi connectivity index (χ1n) is 9.91. The predicted molar refractivity (Wildman–Crippen MR) is 114 cm³/mol. The molecule has 2 aromatic rings. The molecule has 0 N–H and O–H groups in total. The second-order valence-electron chi connectivity index (χ2n) is 7.09. The van der Waals surface area contributed by atoms with Crippen LogP contribution in [-0.4, -0.2) is 42.8 Å². The number of hydrogen-bond acceptors (Lipinski definition) is 4. The van der Waals surface area contributed by atoms with Crippen molar-refractivity contribution in [3.05, 3.63) is 51.4 Å². The molecule has 3 rings (SSSR count). The average molecular weight is 447 g/mol. The molecule has 1 aromatic heterocycles. The number of fused-ring (bicyclic) bond motifs is 1. The predicted octanol–water partition coefficient (Wildman–Crippen LogP) is 4.86. The van der Waals surface area contributed by atoms with Crippen LogP contribution in [0.5, 0.6) is 0 Å². The van der Waals surface area contributed by atoms with E-state index in [1.165, 1.54) is 0 Å². The van der Waals surface area contributed by atoms with Crippen molar-refractivity contribution in [1.82, 2.24) is 4.90 Å². The highest BCUT2D eigenvalue weighted by atomic mass is 79.9. The Kier molecular flexibility index (Phi) is 6.73. The molecule has 0 saturated carbocycles. The Hall–Kier alpha value is -1.92. The number of amides is 1. The zero-order chi connectivity index (χ0) is 20.3. The molecule has 28 heavy (non-hydrogen) atoms. The number of carbonyl (C=O) groups is 2. The highest BCUT2D eigenvalue weighted by Gasteiger charge is 2.31. The monoisotopic (exact) mass is 446 g/mol. The topological polar surface area (TPSA) is 53.8 Å². The van der Waals surface area contributed by atoms with Crippen LogP contribution < -0.4 is 4.90 Å². The first-order chi connectivity index (χ1) is 13.5. The van der Waals surface area contributed by atoms with Crippen LogP contribution in [0.15, 0.2) is 33.2 Å². The molecule has 0 unspecified atom stereocenters. The van der Waals surface area contributed by atoms with Crippen molar-refractivity contribution in [3.8, 4) is 0 Å². The van der Waals surface area contributed by atoms with E-state index in [4.69, 9.17) is 4.42 Å². The molecule has 1 amide bonds. The average Bonchev–Trinajstić information content (AvgIpc) is 3.03. The van der Waals surface area contributed by atoms with Crippen molar-refractivity contribution in [2.45, 2.75) is 40.0 Å². The van der Waals surface area contributed by atoms with Crippen LogP contribution in [0.25, 0.3) is 0 Å². The zero-order valence-corrected chi connectivity index (χ0v) is 18.3. The normalized spacial score (nSPS) is 13.7. The van der Waals surface area contributed by atoms with Gasteiger partial charge >= 0.3 is 0 Å². The number of ketones is 1. The third-order valence-corrected chi connectivity index (χ3v) is 5.89. The number of halogens is 1. The summed E-state index contributed by atoms with van der Waals surface area (Å²) in [4.78, 5) is 29.8. The Morgan fingerprint density at radius 2 is 1.93 bits per heavy atom. The van der Waals surface area contributed by atoms with Crippen LogP contribution in [0.2, 0.25) is 0 Å². The third kappa shape index (κ3) is 4.23. The van der Waals surface area contributed by atoms with Gasteiger partial charge in [0.25, 0.3) is 5.91 Å². The molecule has 0 saturated heterocycles. The second kappa shape index (κ2) is 9.05. The molecule has 1 aliphatic carbocycles. The number of benzene rings is 1. The smallest absolute Gasteiger partial charge is 0.294 e. The Balaban J connectivity index is 1.96. The summed E-state index contributed by atoms with van der Waals surface area (Å²) in [6.07, 6.45) is 2.02. The lowest BCUT2D eigenvalue weighted by Gasteiger charge is -2.26. The van der Waals surface area contributed by atoms with E-state index < -0.39 is 0 Å². The maximum atomic E-state index is 13.5. The van der Waals surface area contributed by atoms with Gasteiger partial charge in [0, 0.05) is 41.7 Å². The van der Waals surface area contributed by atoms with Crippen LogP contribution in [-0.2, 0) is 6.42 Å². The quantitative estimate of drug-likeness (QED) is 0.609. The molecular weight excluding hydrogens is 420 g/mol. The largest absolute Gasteiger partial charge is 0.455 e. The Labute approximate surface area is 174 Å². The Morgan fingerprint density at radius 1 is 1.18 bits per heavy atom. The number of anilines is 1. The lowest BCUT2D eigenvalue weighted by atomic mass is 9.94. The van der Waals surface area contributed by atoms with E-state index in [0.29, 0.717) is 42.0 Å². The molecule has 1 aliphatic rings. The summed E-state index contributed by atoms with van der Waals surface area (Å²) in [5.74, 6) is 0.846. The summed E-state index contributed by atoms with van der Waals surface area (Å²) in [7, 11) is 0. The lowest BCUT2D eigenvalue weighted by molar-refractivity contribution is 0.0946. The van der Waals surface area contributed by atoms with Crippen LogP contribution in [0.3, 0.4) is 0 Å². The minimum Gasteiger partial charge on any atom is -0.455 e. The first kappa shape index (κ1) is 20.8. The van der Waals surface area contributed by atoms with Crippen molar-refractivity contribution in [1.29, 1.82) is 0 Å². The standard InChI is InChI=1S/C22H27BrN2O3/c1-4-24(5-2)12-13-25(17-9-6-8-16(23)14-17)22(27)21-15(3)20-18(26)10-7-11-19(20)28-21/h6,8-9,14H,4-5,7,10-13H2,1-3H3. The minimum absolute atomic E-state index is 0.0821. The number of carbonyl (C=O) groups excluding carboxylic acids is 2. The number of nitrogens with zero attached hydrogens (tertiary/aromatic N) is 2. The maximum absolute atomic E-state index is 13.5. The number of rotatable bonds is 7. The van der Waals surface area contributed by atoms with Gasteiger partial charge in [-0.05, 0) is 44.6 Å². The molecule has 1 heterocycles. The van der Waals surface area contributed by atoms with E-state index >= 15 is 0 Å². The van der Waals surface area contributed by atoms with E-state index in [1.807, 2.05) is 31.2 Å². The van der Waals surface area contributed by atoms with E-state index in [-0.39, 0.29) is 11.7 Å². The summed E-state index contributed by atoms with van der Waals surface area (Å²) in [6, 6.07) is 7.71. The summed E-state index contributed by atoms with van der Waals surface area (Å²) in [5.41, 5.74) is 2.10. The molecule has 0 aliphatic heterocycles. The van der Waals surface area contributed by atoms with Gasteiger partial charge in [0.1, 0.15) is 5.76 Å². The van der Waals surface area contributed by atoms with Gasteiger partial charge in [0.05, 0.1) is 5.56 Å². The van der Waals surface area contributed by atoms with E-state index in [9.17, 15) is 9.59 Å². The fourth-order valence-corrected chi connectivity index (χ4v) is 4.14. The van der Waals surface area contributed by atoms with Gasteiger partial charge < -0.3 is 14.2 Å². The van der Waals surface area contributed by atoms with Gasteiger partial charge in [-0.25, -0.2) is 0 Å². The van der Waals surface area contributed by atoms with Crippen LogP contribution >= 0.6 is 15.9 Å². The molecule has 0 radical (unpaired) electrons. The molecule has 0 fully saturated rings. The molecular formula is C22H27BrN2O3. The van der Waals surface area contributed by atoms with Crippen LogP contribution in [0.4, 0.5) is 5.69 Å². The van der Waals surface area contributed by atoms with Gasteiger partial charge in [-0.15, -0.1) is 0 Å². The van der Waals surface area contributed by atoms with Crippen molar-refractivity contribution in [2.75, 3.05) is 31.1 Å². The Bertz CT molecular complexity index is 871. The van der Waals surface area contributed by atoms with Gasteiger partial charge in [-0.3, -0.25) is 9.59 Å².